The van der Waals surface area contributed by atoms with Crippen molar-refractivity contribution < 1.29 is 0 Å². The van der Waals surface area contributed by atoms with Gasteiger partial charge in [-0.25, -0.2) is 9.97 Å². The molecule has 0 amide bonds. The second-order valence-corrected chi connectivity index (χ2v) is 4.07. The first-order valence-corrected chi connectivity index (χ1v) is 5.95. The highest BCUT2D eigenvalue weighted by molar-refractivity contribution is 5.77. The van der Waals surface area contributed by atoms with Gasteiger partial charge in [0.15, 0.2) is 0 Å². The highest BCUT2D eigenvalue weighted by Crippen LogP contribution is 2.13. The smallest absolute Gasteiger partial charge is 0.201 e. The maximum atomic E-state index is 4.44. The van der Waals surface area contributed by atoms with Crippen LogP contribution in [0.15, 0.2) is 30.6 Å². The van der Waals surface area contributed by atoms with Crippen molar-refractivity contribution >= 4 is 17.0 Å². The van der Waals surface area contributed by atoms with E-state index in [1.807, 2.05) is 24.3 Å². The molecule has 0 saturated carbocycles. The molecule has 0 aliphatic rings. The molecule has 0 unspecified atom stereocenters. The number of hydrogen-bond donors (Lipinski definition) is 3. The summed E-state index contributed by atoms with van der Waals surface area (Å²) in [6.45, 7) is 0.848. The van der Waals surface area contributed by atoms with E-state index >= 15 is 0 Å². The molecule has 0 aliphatic heterocycles. The van der Waals surface area contributed by atoms with Gasteiger partial charge in [0.25, 0.3) is 0 Å². The molecule has 2 heterocycles. The Labute approximate surface area is 104 Å². The van der Waals surface area contributed by atoms with Crippen molar-refractivity contribution in [1.82, 2.24) is 25.1 Å². The molecule has 0 bridgehead atoms. The zero-order chi connectivity index (χ0) is 12.2. The standard InChI is InChI=1S/C12H14N6/c1-2-5-10-9(4-1)16-12(17-10)13-7-3-6-11-14-8-15-18-11/h1-2,4-5,8H,3,6-7H2,(H2,13,16,17)(H,14,15,18). The van der Waals surface area contributed by atoms with Gasteiger partial charge in [0.1, 0.15) is 12.2 Å². The molecule has 0 saturated heterocycles. The summed E-state index contributed by atoms with van der Waals surface area (Å²) in [7, 11) is 0. The molecule has 3 aromatic rings. The summed E-state index contributed by atoms with van der Waals surface area (Å²) in [4.78, 5) is 11.8. The number of aryl methyl sites for hydroxylation is 1. The molecule has 6 nitrogen and oxygen atoms in total. The van der Waals surface area contributed by atoms with E-state index in [2.05, 4.69) is 30.5 Å². The van der Waals surface area contributed by atoms with E-state index < -0.39 is 0 Å². The number of rotatable bonds is 5. The predicted molar refractivity (Wildman–Crippen MR) is 69.3 cm³/mol. The van der Waals surface area contributed by atoms with Crippen LogP contribution in [-0.4, -0.2) is 31.7 Å². The van der Waals surface area contributed by atoms with Crippen molar-refractivity contribution in [2.75, 3.05) is 11.9 Å². The molecule has 3 rings (SSSR count). The van der Waals surface area contributed by atoms with Gasteiger partial charge in [-0.1, -0.05) is 12.1 Å². The molecule has 2 aromatic heterocycles. The van der Waals surface area contributed by atoms with Gasteiger partial charge in [0.05, 0.1) is 11.0 Å². The SMILES string of the molecule is c1ccc2[nH]c(NCCCc3ncn[nH]3)nc2c1. The first-order valence-electron chi connectivity index (χ1n) is 5.95. The zero-order valence-electron chi connectivity index (χ0n) is 9.85. The van der Waals surface area contributed by atoms with E-state index in [4.69, 9.17) is 0 Å². The largest absolute Gasteiger partial charge is 0.356 e. The molecule has 0 atom stereocenters. The fraction of sp³-hybridized carbons (Fsp3) is 0.250. The van der Waals surface area contributed by atoms with Crippen molar-refractivity contribution in [2.24, 2.45) is 0 Å². The summed E-state index contributed by atoms with van der Waals surface area (Å²) in [5, 5.41) is 9.93. The molecular weight excluding hydrogens is 228 g/mol. The van der Waals surface area contributed by atoms with E-state index in [9.17, 15) is 0 Å². The number of hydrogen-bond acceptors (Lipinski definition) is 4. The number of aromatic amines is 2. The molecule has 6 heteroatoms. The van der Waals surface area contributed by atoms with Crippen LogP contribution in [0.3, 0.4) is 0 Å². The molecule has 1 aromatic carbocycles. The Balaban J connectivity index is 1.53. The normalized spacial score (nSPS) is 10.9. The van der Waals surface area contributed by atoms with Crippen molar-refractivity contribution in [1.29, 1.82) is 0 Å². The van der Waals surface area contributed by atoms with Crippen LogP contribution in [0.2, 0.25) is 0 Å². The van der Waals surface area contributed by atoms with Crippen molar-refractivity contribution in [3.05, 3.63) is 36.4 Å². The number of fused-ring (bicyclic) bond motifs is 1. The van der Waals surface area contributed by atoms with Gasteiger partial charge < -0.3 is 10.3 Å². The fourth-order valence-electron chi connectivity index (χ4n) is 1.85. The molecule has 3 N–H and O–H groups in total. The van der Waals surface area contributed by atoms with Crippen LogP contribution in [0.5, 0.6) is 0 Å². The van der Waals surface area contributed by atoms with Crippen LogP contribution in [0.4, 0.5) is 5.95 Å². The average Bonchev–Trinajstić information content (AvgIpc) is 3.03. The first-order chi connectivity index (χ1) is 8.92. The van der Waals surface area contributed by atoms with Crippen LogP contribution in [0.25, 0.3) is 11.0 Å². The maximum absolute atomic E-state index is 4.44. The Bertz CT molecular complexity index is 579. The number of nitrogens with one attached hydrogen (secondary N) is 3. The van der Waals surface area contributed by atoms with E-state index in [-0.39, 0.29) is 0 Å². The number of nitrogens with zero attached hydrogens (tertiary/aromatic N) is 3. The second kappa shape index (κ2) is 4.87. The minimum absolute atomic E-state index is 0.814. The molecule has 0 fully saturated rings. The second-order valence-electron chi connectivity index (χ2n) is 4.07. The number of H-pyrrole nitrogens is 2. The summed E-state index contributed by atoms with van der Waals surface area (Å²) >= 11 is 0. The Kier molecular flexibility index (Phi) is 2.91. The maximum Gasteiger partial charge on any atom is 0.201 e. The Hall–Kier alpha value is -2.37. The van der Waals surface area contributed by atoms with E-state index in [1.165, 1.54) is 6.33 Å². The number of anilines is 1. The van der Waals surface area contributed by atoms with Crippen molar-refractivity contribution in [3.8, 4) is 0 Å². The minimum Gasteiger partial charge on any atom is -0.356 e. The molecule has 92 valence electrons. The fourth-order valence-corrected chi connectivity index (χ4v) is 1.85. The van der Waals surface area contributed by atoms with Crippen LogP contribution in [0.1, 0.15) is 12.2 Å². The third-order valence-electron chi connectivity index (χ3n) is 2.74. The number of para-hydroxylation sites is 2. The third kappa shape index (κ3) is 2.32. The number of benzene rings is 1. The summed E-state index contributed by atoms with van der Waals surface area (Å²) in [6.07, 6.45) is 3.39. The summed E-state index contributed by atoms with van der Waals surface area (Å²) in [5.41, 5.74) is 2.03. The van der Waals surface area contributed by atoms with Crippen LogP contribution < -0.4 is 5.32 Å². The monoisotopic (exact) mass is 242 g/mol. The zero-order valence-corrected chi connectivity index (χ0v) is 9.85. The van der Waals surface area contributed by atoms with Gasteiger partial charge in [-0.05, 0) is 18.6 Å². The molecule has 0 spiro atoms. The van der Waals surface area contributed by atoms with Gasteiger partial charge in [0.2, 0.25) is 5.95 Å². The lowest BCUT2D eigenvalue weighted by Crippen LogP contribution is -2.04. The van der Waals surface area contributed by atoms with E-state index in [0.717, 1.165) is 42.2 Å². The highest BCUT2D eigenvalue weighted by atomic mass is 15.2. The van der Waals surface area contributed by atoms with Crippen molar-refractivity contribution in [3.63, 3.8) is 0 Å². The minimum atomic E-state index is 0.814. The van der Waals surface area contributed by atoms with Crippen LogP contribution >= 0.6 is 0 Å². The summed E-state index contributed by atoms with van der Waals surface area (Å²) in [6, 6.07) is 7.98. The van der Waals surface area contributed by atoms with E-state index in [0.29, 0.717) is 0 Å². The lowest BCUT2D eigenvalue weighted by atomic mass is 10.3. The lowest BCUT2D eigenvalue weighted by Gasteiger charge is -2.00. The topological polar surface area (TPSA) is 82.3 Å². The van der Waals surface area contributed by atoms with Crippen LogP contribution in [0, 0.1) is 0 Å². The quantitative estimate of drug-likeness (QED) is 0.595. The molecule has 0 aliphatic carbocycles. The first kappa shape index (κ1) is 10.8. The van der Waals surface area contributed by atoms with Gasteiger partial charge in [0, 0.05) is 13.0 Å². The Morgan fingerprint density at radius 2 is 2.17 bits per heavy atom. The van der Waals surface area contributed by atoms with Crippen LogP contribution in [-0.2, 0) is 6.42 Å². The van der Waals surface area contributed by atoms with Gasteiger partial charge in [-0.3, -0.25) is 5.10 Å². The van der Waals surface area contributed by atoms with Gasteiger partial charge in [-0.2, -0.15) is 5.10 Å². The summed E-state index contributed by atoms with van der Waals surface area (Å²) in [5.74, 6) is 1.73. The summed E-state index contributed by atoms with van der Waals surface area (Å²) < 4.78 is 0. The third-order valence-corrected chi connectivity index (χ3v) is 2.74. The predicted octanol–water partition coefficient (Wildman–Crippen LogP) is 1.73. The average molecular weight is 242 g/mol. The Morgan fingerprint density at radius 3 is 3.00 bits per heavy atom. The van der Waals surface area contributed by atoms with Gasteiger partial charge >= 0.3 is 0 Å². The highest BCUT2D eigenvalue weighted by Gasteiger charge is 2.01. The van der Waals surface area contributed by atoms with E-state index in [1.54, 1.807) is 0 Å². The molecule has 18 heavy (non-hydrogen) atoms. The number of imidazole rings is 1. The Morgan fingerprint density at radius 1 is 1.22 bits per heavy atom. The number of aromatic nitrogens is 5. The molecule has 0 radical (unpaired) electrons. The lowest BCUT2D eigenvalue weighted by molar-refractivity contribution is 0.802. The van der Waals surface area contributed by atoms with Gasteiger partial charge in [-0.15, -0.1) is 0 Å². The van der Waals surface area contributed by atoms with Crippen molar-refractivity contribution in [2.45, 2.75) is 12.8 Å². The molecular formula is C12H14N6.